The van der Waals surface area contributed by atoms with Crippen LogP contribution in [0.25, 0.3) is 0 Å². The molecule has 6 heteroatoms. The Bertz CT molecular complexity index is 557. The van der Waals surface area contributed by atoms with Gasteiger partial charge in [-0.25, -0.2) is 4.79 Å². The third-order valence-electron chi connectivity index (χ3n) is 3.58. The number of carboxylic acids is 1. The molecule has 6 nitrogen and oxygen atoms in total. The molecule has 1 unspecified atom stereocenters. The molecule has 0 saturated carbocycles. The Labute approximate surface area is 122 Å². The molecule has 2 rings (SSSR count). The van der Waals surface area contributed by atoms with Crippen molar-refractivity contribution in [3.63, 3.8) is 0 Å². The average Bonchev–Trinajstić information content (AvgIpc) is 2.82. The topological polar surface area (TPSA) is 87.1 Å². The number of likely N-dealkylation sites (tertiary alicyclic amines) is 1. The Balaban J connectivity index is 2.01. The van der Waals surface area contributed by atoms with Crippen molar-refractivity contribution in [3.8, 4) is 5.75 Å². The molecule has 1 fully saturated rings. The average molecular weight is 293 g/mol. The monoisotopic (exact) mass is 293 g/mol. The molecule has 114 valence electrons. The highest BCUT2D eigenvalue weighted by atomic mass is 16.5. The smallest absolute Gasteiger partial charge is 0.326 e. The number of carbonyl (C=O) groups excluding carboxylic acids is 1. The van der Waals surface area contributed by atoms with Crippen LogP contribution in [0.2, 0.25) is 0 Å². The predicted octanol–water partition coefficient (Wildman–Crippen LogP) is 0.729. The Morgan fingerprint density at radius 3 is 2.76 bits per heavy atom. The van der Waals surface area contributed by atoms with Crippen molar-refractivity contribution in [1.29, 1.82) is 0 Å². The summed E-state index contributed by atoms with van der Waals surface area (Å²) in [5, 5.41) is 18.6. The summed E-state index contributed by atoms with van der Waals surface area (Å²) in [6, 6.07) is 4.70. The number of benzene rings is 1. The van der Waals surface area contributed by atoms with Gasteiger partial charge in [0.1, 0.15) is 11.8 Å². The highest BCUT2D eigenvalue weighted by molar-refractivity contribution is 5.85. The summed E-state index contributed by atoms with van der Waals surface area (Å²) in [7, 11) is 0. The summed E-state index contributed by atoms with van der Waals surface area (Å²) >= 11 is 0. The SMILES string of the molecule is Cc1ccc(C)c(OCC(=O)N2CC(O)C[C@H]2C(=O)O)c1. The van der Waals surface area contributed by atoms with Gasteiger partial charge in [0, 0.05) is 13.0 Å². The molecule has 2 atom stereocenters. The first-order chi connectivity index (χ1) is 9.88. The first-order valence-corrected chi connectivity index (χ1v) is 6.79. The minimum absolute atomic E-state index is 0.0337. The van der Waals surface area contributed by atoms with Crippen molar-refractivity contribution in [2.75, 3.05) is 13.2 Å². The van der Waals surface area contributed by atoms with E-state index < -0.39 is 24.0 Å². The van der Waals surface area contributed by atoms with E-state index in [1.807, 2.05) is 32.0 Å². The molecule has 1 aliphatic rings. The molecular weight excluding hydrogens is 274 g/mol. The zero-order valence-electron chi connectivity index (χ0n) is 12.1. The van der Waals surface area contributed by atoms with Gasteiger partial charge in [-0.15, -0.1) is 0 Å². The second-order valence-corrected chi connectivity index (χ2v) is 5.35. The number of rotatable bonds is 4. The summed E-state index contributed by atoms with van der Waals surface area (Å²) < 4.78 is 5.49. The van der Waals surface area contributed by atoms with E-state index in [0.717, 1.165) is 16.0 Å². The van der Waals surface area contributed by atoms with Gasteiger partial charge in [-0.1, -0.05) is 12.1 Å². The second-order valence-electron chi connectivity index (χ2n) is 5.35. The molecule has 1 amide bonds. The summed E-state index contributed by atoms with van der Waals surface area (Å²) in [5.41, 5.74) is 1.92. The van der Waals surface area contributed by atoms with Crippen LogP contribution in [-0.4, -0.2) is 52.3 Å². The van der Waals surface area contributed by atoms with E-state index in [-0.39, 0.29) is 19.6 Å². The lowest BCUT2D eigenvalue weighted by molar-refractivity contribution is -0.149. The lowest BCUT2D eigenvalue weighted by Crippen LogP contribution is -2.43. The highest BCUT2D eigenvalue weighted by Gasteiger charge is 2.38. The minimum atomic E-state index is -1.10. The van der Waals surface area contributed by atoms with Crippen molar-refractivity contribution in [2.45, 2.75) is 32.4 Å². The van der Waals surface area contributed by atoms with Crippen LogP contribution in [0.3, 0.4) is 0 Å². The van der Waals surface area contributed by atoms with Gasteiger partial charge in [-0.2, -0.15) is 0 Å². The number of carbonyl (C=O) groups is 2. The quantitative estimate of drug-likeness (QED) is 0.854. The van der Waals surface area contributed by atoms with Gasteiger partial charge >= 0.3 is 5.97 Å². The van der Waals surface area contributed by atoms with E-state index in [1.165, 1.54) is 0 Å². The largest absolute Gasteiger partial charge is 0.483 e. The molecule has 1 aliphatic heterocycles. The Kier molecular flexibility index (Phi) is 4.47. The van der Waals surface area contributed by atoms with E-state index in [0.29, 0.717) is 5.75 Å². The Hall–Kier alpha value is -2.08. The lowest BCUT2D eigenvalue weighted by atomic mass is 10.1. The fourth-order valence-corrected chi connectivity index (χ4v) is 2.41. The normalized spacial score (nSPS) is 21.4. The van der Waals surface area contributed by atoms with Crippen LogP contribution in [0, 0.1) is 13.8 Å². The van der Waals surface area contributed by atoms with E-state index in [9.17, 15) is 14.7 Å². The summed E-state index contributed by atoms with van der Waals surface area (Å²) in [6.45, 7) is 3.59. The van der Waals surface area contributed by atoms with Crippen LogP contribution in [0.4, 0.5) is 0 Å². The third-order valence-corrected chi connectivity index (χ3v) is 3.58. The molecule has 0 aromatic heterocycles. The first-order valence-electron chi connectivity index (χ1n) is 6.79. The van der Waals surface area contributed by atoms with Crippen LogP contribution < -0.4 is 4.74 Å². The van der Waals surface area contributed by atoms with Crippen LogP contribution in [0.1, 0.15) is 17.5 Å². The number of carboxylic acid groups (broad SMARTS) is 1. The van der Waals surface area contributed by atoms with Crippen molar-refractivity contribution in [1.82, 2.24) is 4.90 Å². The van der Waals surface area contributed by atoms with Crippen molar-refractivity contribution < 1.29 is 24.5 Å². The van der Waals surface area contributed by atoms with Gasteiger partial charge in [-0.3, -0.25) is 4.79 Å². The van der Waals surface area contributed by atoms with Gasteiger partial charge in [0.05, 0.1) is 6.10 Å². The number of aliphatic carboxylic acids is 1. The number of hydrogen-bond acceptors (Lipinski definition) is 4. The van der Waals surface area contributed by atoms with Gasteiger partial charge in [0.25, 0.3) is 5.91 Å². The number of aryl methyl sites for hydroxylation is 2. The van der Waals surface area contributed by atoms with Gasteiger partial charge in [0.15, 0.2) is 6.61 Å². The summed E-state index contributed by atoms with van der Waals surface area (Å²) in [4.78, 5) is 24.4. The second kappa shape index (κ2) is 6.13. The van der Waals surface area contributed by atoms with Gasteiger partial charge in [0.2, 0.25) is 0 Å². The van der Waals surface area contributed by atoms with Gasteiger partial charge in [-0.05, 0) is 31.0 Å². The fourth-order valence-electron chi connectivity index (χ4n) is 2.41. The molecule has 0 spiro atoms. The van der Waals surface area contributed by atoms with Crippen LogP contribution in [-0.2, 0) is 9.59 Å². The van der Waals surface area contributed by atoms with Crippen LogP contribution >= 0.6 is 0 Å². The van der Waals surface area contributed by atoms with Crippen molar-refractivity contribution in [3.05, 3.63) is 29.3 Å². The maximum Gasteiger partial charge on any atom is 0.326 e. The minimum Gasteiger partial charge on any atom is -0.483 e. The molecule has 21 heavy (non-hydrogen) atoms. The molecule has 2 N–H and O–H groups in total. The number of amides is 1. The highest BCUT2D eigenvalue weighted by Crippen LogP contribution is 2.21. The zero-order chi connectivity index (χ0) is 15.6. The molecule has 1 aromatic rings. The lowest BCUT2D eigenvalue weighted by Gasteiger charge is -2.21. The molecule has 0 aliphatic carbocycles. The molecule has 0 radical (unpaired) electrons. The fraction of sp³-hybridized carbons (Fsp3) is 0.467. The summed E-state index contributed by atoms with van der Waals surface area (Å²) in [6.07, 6.45) is -0.736. The Morgan fingerprint density at radius 2 is 2.10 bits per heavy atom. The number of aliphatic hydroxyl groups excluding tert-OH is 1. The van der Waals surface area contributed by atoms with Crippen LogP contribution in [0.15, 0.2) is 18.2 Å². The van der Waals surface area contributed by atoms with Gasteiger partial charge < -0.3 is 19.8 Å². The van der Waals surface area contributed by atoms with E-state index in [1.54, 1.807) is 0 Å². The first kappa shape index (κ1) is 15.3. The molecule has 0 bridgehead atoms. The molecule has 1 heterocycles. The standard InChI is InChI=1S/C15H19NO5/c1-9-3-4-10(2)13(5-9)21-8-14(18)16-7-11(17)6-12(16)15(19)20/h3-5,11-12,17H,6-8H2,1-2H3,(H,19,20)/t11?,12-/m0/s1. The number of hydrogen-bond donors (Lipinski definition) is 2. The van der Waals surface area contributed by atoms with E-state index in [2.05, 4.69) is 0 Å². The van der Waals surface area contributed by atoms with Crippen molar-refractivity contribution >= 4 is 11.9 Å². The molecule has 1 saturated heterocycles. The molecular formula is C15H19NO5. The van der Waals surface area contributed by atoms with E-state index >= 15 is 0 Å². The molecule has 1 aromatic carbocycles. The maximum atomic E-state index is 12.1. The predicted molar refractivity (Wildman–Crippen MR) is 75.2 cm³/mol. The zero-order valence-corrected chi connectivity index (χ0v) is 12.1. The number of nitrogens with zero attached hydrogens (tertiary/aromatic N) is 1. The van der Waals surface area contributed by atoms with Crippen LogP contribution in [0.5, 0.6) is 5.75 Å². The number of β-amino-alcohol motifs (C(OH)–C–C–N with tert-alkyl or cyclic N) is 1. The number of aliphatic hydroxyl groups is 1. The number of ether oxygens (including phenoxy) is 1. The Morgan fingerprint density at radius 1 is 1.38 bits per heavy atom. The van der Waals surface area contributed by atoms with Crippen molar-refractivity contribution in [2.24, 2.45) is 0 Å². The van der Waals surface area contributed by atoms with E-state index in [4.69, 9.17) is 9.84 Å². The summed E-state index contributed by atoms with van der Waals surface area (Å²) in [5.74, 6) is -0.929. The third kappa shape index (κ3) is 3.52. The maximum absolute atomic E-state index is 12.1.